The van der Waals surface area contributed by atoms with E-state index in [1.807, 2.05) is 13.8 Å². The minimum absolute atomic E-state index is 0.0205. The number of aliphatic hydroxyl groups is 1. The third-order valence-corrected chi connectivity index (χ3v) is 8.01. The zero-order valence-electron chi connectivity index (χ0n) is 22.3. The summed E-state index contributed by atoms with van der Waals surface area (Å²) in [6.45, 7) is 6.96. The van der Waals surface area contributed by atoms with Gasteiger partial charge in [0.2, 0.25) is 0 Å². The lowest BCUT2D eigenvalue weighted by atomic mass is 9.58. The van der Waals surface area contributed by atoms with Crippen LogP contribution >= 0.6 is 11.6 Å². The summed E-state index contributed by atoms with van der Waals surface area (Å²) >= 11 is 6.38. The Hall–Kier alpha value is -3.89. The minimum atomic E-state index is -0.877. The molecule has 2 unspecified atom stereocenters. The lowest BCUT2D eigenvalue weighted by Gasteiger charge is -2.49. The molecule has 2 atom stereocenters. The molecule has 40 heavy (non-hydrogen) atoms. The van der Waals surface area contributed by atoms with Crippen LogP contribution in [0, 0.1) is 30.9 Å². The molecule has 1 N–H and O–H groups in total. The summed E-state index contributed by atoms with van der Waals surface area (Å²) in [6, 6.07) is 7.38. The minimum Gasteiger partial charge on any atom is -0.485 e. The average Bonchev–Trinajstić information content (AvgIpc) is 2.91. The van der Waals surface area contributed by atoms with Crippen LogP contribution < -0.4 is 15.9 Å². The SMILES string of the molecule is Cc1cnc(-n2cccc(C3CC(O)C3(C)C)c2=O)cc1-n1c(C)cc(OCc2ncc(F)cc2F)c(Cl)c1=O. The summed E-state index contributed by atoms with van der Waals surface area (Å²) in [4.78, 5) is 35.0. The number of aromatic nitrogens is 4. The van der Waals surface area contributed by atoms with Crippen molar-refractivity contribution in [3.63, 3.8) is 0 Å². The van der Waals surface area contributed by atoms with E-state index < -0.39 is 28.7 Å². The van der Waals surface area contributed by atoms with E-state index in [9.17, 15) is 23.5 Å². The zero-order chi connectivity index (χ0) is 28.9. The average molecular weight is 569 g/mol. The quantitative estimate of drug-likeness (QED) is 0.359. The highest BCUT2D eigenvalue weighted by atomic mass is 35.5. The number of nitrogens with zero attached hydrogens (tertiary/aromatic N) is 4. The highest BCUT2D eigenvalue weighted by molar-refractivity contribution is 6.31. The zero-order valence-corrected chi connectivity index (χ0v) is 23.0. The van der Waals surface area contributed by atoms with Gasteiger partial charge < -0.3 is 9.84 Å². The van der Waals surface area contributed by atoms with E-state index in [0.29, 0.717) is 40.8 Å². The lowest BCUT2D eigenvalue weighted by molar-refractivity contribution is -0.0630. The molecular weight excluding hydrogens is 542 g/mol. The van der Waals surface area contributed by atoms with E-state index >= 15 is 0 Å². The molecule has 5 rings (SSSR count). The third-order valence-electron chi connectivity index (χ3n) is 7.66. The fourth-order valence-electron chi connectivity index (χ4n) is 5.04. The van der Waals surface area contributed by atoms with Gasteiger partial charge in [-0.3, -0.25) is 23.7 Å². The Bertz CT molecular complexity index is 1750. The Balaban J connectivity index is 1.51. The molecule has 1 aliphatic carbocycles. The van der Waals surface area contributed by atoms with Gasteiger partial charge in [-0.05, 0) is 43.2 Å². The van der Waals surface area contributed by atoms with Gasteiger partial charge in [-0.1, -0.05) is 31.5 Å². The predicted molar refractivity (Wildman–Crippen MR) is 146 cm³/mol. The Labute approximate surface area is 233 Å². The van der Waals surface area contributed by atoms with Crippen LogP contribution in [0.3, 0.4) is 0 Å². The summed E-state index contributed by atoms with van der Waals surface area (Å²) in [6.07, 6.45) is 4.07. The summed E-state index contributed by atoms with van der Waals surface area (Å²) < 4.78 is 35.5. The van der Waals surface area contributed by atoms with E-state index in [-0.39, 0.29) is 34.6 Å². The van der Waals surface area contributed by atoms with E-state index in [2.05, 4.69) is 9.97 Å². The Morgan fingerprint density at radius 3 is 2.55 bits per heavy atom. The van der Waals surface area contributed by atoms with Gasteiger partial charge in [0.25, 0.3) is 11.1 Å². The number of pyridine rings is 4. The van der Waals surface area contributed by atoms with Crippen molar-refractivity contribution in [1.82, 2.24) is 19.1 Å². The fourth-order valence-corrected chi connectivity index (χ4v) is 5.24. The predicted octanol–water partition coefficient (Wildman–Crippen LogP) is 4.78. The first kappa shape index (κ1) is 27.7. The monoisotopic (exact) mass is 568 g/mol. The number of ether oxygens (including phenoxy) is 1. The number of aryl methyl sites for hydroxylation is 2. The number of rotatable bonds is 6. The van der Waals surface area contributed by atoms with Gasteiger partial charge in [0, 0.05) is 41.9 Å². The second-order valence-corrected chi connectivity index (χ2v) is 10.9. The number of aliphatic hydroxyl groups excluding tert-OH is 1. The summed E-state index contributed by atoms with van der Waals surface area (Å²) in [5.74, 6) is -1.46. The van der Waals surface area contributed by atoms with Crippen LogP contribution in [0.4, 0.5) is 8.78 Å². The van der Waals surface area contributed by atoms with Crippen molar-refractivity contribution in [1.29, 1.82) is 0 Å². The molecule has 1 saturated carbocycles. The second kappa shape index (κ2) is 10.3. The molecule has 8 nitrogen and oxygen atoms in total. The molecule has 0 aliphatic heterocycles. The van der Waals surface area contributed by atoms with E-state index in [1.165, 1.54) is 15.2 Å². The summed E-state index contributed by atoms with van der Waals surface area (Å²) in [5, 5.41) is 9.94. The van der Waals surface area contributed by atoms with Gasteiger partial charge in [-0.25, -0.2) is 13.8 Å². The molecule has 4 aromatic heterocycles. The Morgan fingerprint density at radius 1 is 1.12 bits per heavy atom. The molecule has 208 valence electrons. The molecule has 1 aliphatic rings. The van der Waals surface area contributed by atoms with Crippen LogP contribution in [0.2, 0.25) is 5.02 Å². The highest BCUT2D eigenvalue weighted by Gasteiger charge is 2.48. The van der Waals surface area contributed by atoms with Gasteiger partial charge in [-0.2, -0.15) is 0 Å². The van der Waals surface area contributed by atoms with Gasteiger partial charge in [-0.15, -0.1) is 0 Å². The van der Waals surface area contributed by atoms with E-state index in [0.717, 1.165) is 6.20 Å². The third kappa shape index (κ3) is 4.71. The van der Waals surface area contributed by atoms with Gasteiger partial charge >= 0.3 is 0 Å². The lowest BCUT2D eigenvalue weighted by Crippen LogP contribution is -2.49. The Kier molecular flexibility index (Phi) is 7.09. The van der Waals surface area contributed by atoms with E-state index in [1.54, 1.807) is 44.4 Å². The number of hydrogen-bond acceptors (Lipinski definition) is 6. The van der Waals surface area contributed by atoms with E-state index in [4.69, 9.17) is 16.3 Å². The van der Waals surface area contributed by atoms with Crippen molar-refractivity contribution in [3.8, 4) is 17.3 Å². The molecule has 1 fully saturated rings. The van der Waals surface area contributed by atoms with Crippen LogP contribution in [0.15, 0.2) is 58.5 Å². The molecule has 11 heteroatoms. The largest absolute Gasteiger partial charge is 0.485 e. The topological polar surface area (TPSA) is 99.2 Å². The van der Waals surface area contributed by atoms with Crippen molar-refractivity contribution >= 4 is 11.6 Å². The Morgan fingerprint density at radius 2 is 1.88 bits per heavy atom. The number of halogens is 3. The van der Waals surface area contributed by atoms with Gasteiger partial charge in [0.15, 0.2) is 5.82 Å². The standard InChI is InChI=1S/C29H27ClF2N4O4/c1-15-12-34-25(35-7-5-6-18(27(35)38)19-10-24(37)29(19,3)4)11-22(15)36-16(2)8-23(26(30)28(36)39)40-14-21-20(32)9-17(31)13-33-21/h5-9,11-13,19,24,37H,10,14H2,1-4H3. The van der Waals surface area contributed by atoms with Crippen LogP contribution in [0.1, 0.15) is 48.7 Å². The van der Waals surface area contributed by atoms with Crippen molar-refractivity contribution < 1.29 is 18.6 Å². The van der Waals surface area contributed by atoms with Crippen LogP contribution in [-0.4, -0.2) is 30.3 Å². The first-order valence-electron chi connectivity index (χ1n) is 12.6. The molecule has 0 aromatic carbocycles. The molecular formula is C29H27ClF2N4O4. The molecule has 0 amide bonds. The fraction of sp³-hybridized carbons (Fsp3) is 0.310. The van der Waals surface area contributed by atoms with Crippen LogP contribution in [0.5, 0.6) is 5.75 Å². The smallest absolute Gasteiger partial charge is 0.277 e. The van der Waals surface area contributed by atoms with Crippen molar-refractivity contribution in [2.24, 2.45) is 5.41 Å². The van der Waals surface area contributed by atoms with Crippen LogP contribution in [-0.2, 0) is 6.61 Å². The second-order valence-electron chi connectivity index (χ2n) is 10.6. The number of hydrogen-bond donors (Lipinski definition) is 1. The molecule has 4 heterocycles. The molecule has 0 spiro atoms. The molecule has 0 radical (unpaired) electrons. The van der Waals surface area contributed by atoms with Gasteiger partial charge in [0.1, 0.15) is 34.7 Å². The first-order valence-corrected chi connectivity index (χ1v) is 13.0. The first-order chi connectivity index (χ1) is 18.9. The van der Waals surface area contributed by atoms with Crippen molar-refractivity contribution in [2.45, 2.75) is 52.7 Å². The maximum Gasteiger partial charge on any atom is 0.277 e. The summed E-state index contributed by atoms with van der Waals surface area (Å²) in [7, 11) is 0. The maximum atomic E-state index is 14.0. The normalized spacial score (nSPS) is 17.9. The van der Waals surface area contributed by atoms with Gasteiger partial charge in [0.05, 0.1) is 18.0 Å². The van der Waals surface area contributed by atoms with Crippen molar-refractivity contribution in [3.05, 3.63) is 109 Å². The molecule has 0 bridgehead atoms. The van der Waals surface area contributed by atoms with Crippen LogP contribution in [0.25, 0.3) is 11.5 Å². The highest BCUT2D eigenvalue weighted by Crippen LogP contribution is 2.51. The molecule has 4 aromatic rings. The molecule has 0 saturated heterocycles. The summed E-state index contributed by atoms with van der Waals surface area (Å²) in [5.41, 5.74) is 0.774. The van der Waals surface area contributed by atoms with Crippen molar-refractivity contribution in [2.75, 3.05) is 0 Å². The maximum absolute atomic E-state index is 14.0.